The molecule has 1 rings (SSSR count). The molecule has 1 aromatic carbocycles. The molecule has 5 nitrogen and oxygen atoms in total. The molecule has 0 aliphatic rings. The van der Waals surface area contributed by atoms with Crippen LogP contribution in [0, 0.1) is 0 Å². The molecular formula is C13H12Br2O5. The highest BCUT2D eigenvalue weighted by atomic mass is 79.9. The van der Waals surface area contributed by atoms with Crippen molar-refractivity contribution in [3.05, 3.63) is 32.7 Å². The van der Waals surface area contributed by atoms with Crippen LogP contribution in [0.1, 0.15) is 18.9 Å². The van der Waals surface area contributed by atoms with Crippen molar-refractivity contribution in [1.82, 2.24) is 0 Å². The lowest BCUT2D eigenvalue weighted by atomic mass is 10.2. The van der Waals surface area contributed by atoms with E-state index in [9.17, 15) is 9.59 Å². The zero-order valence-corrected chi connectivity index (χ0v) is 13.6. The summed E-state index contributed by atoms with van der Waals surface area (Å²) in [5.74, 6) is -1.72. The topological polar surface area (TPSA) is 83.8 Å². The Morgan fingerprint density at radius 3 is 2.25 bits per heavy atom. The van der Waals surface area contributed by atoms with Crippen LogP contribution in [0.3, 0.4) is 0 Å². The molecule has 1 unspecified atom stereocenters. The van der Waals surface area contributed by atoms with Crippen LogP contribution in [0.4, 0.5) is 0 Å². The second-order valence-electron chi connectivity index (χ2n) is 3.84. The molecule has 20 heavy (non-hydrogen) atoms. The zero-order chi connectivity index (χ0) is 15.3. The van der Waals surface area contributed by atoms with Crippen LogP contribution in [0.5, 0.6) is 5.75 Å². The SMILES string of the molecule is CCC(Oc1c(Br)cc(/C=C/C(=O)O)cc1Br)C(=O)O. The van der Waals surface area contributed by atoms with Gasteiger partial charge in [-0.2, -0.15) is 0 Å². The van der Waals surface area contributed by atoms with Gasteiger partial charge < -0.3 is 14.9 Å². The van der Waals surface area contributed by atoms with Crippen molar-refractivity contribution in [1.29, 1.82) is 0 Å². The Labute approximate surface area is 132 Å². The van der Waals surface area contributed by atoms with E-state index in [1.54, 1.807) is 19.1 Å². The molecule has 0 aliphatic carbocycles. The third-order valence-electron chi connectivity index (χ3n) is 2.35. The lowest BCUT2D eigenvalue weighted by molar-refractivity contribution is -0.145. The van der Waals surface area contributed by atoms with Crippen LogP contribution in [0.2, 0.25) is 0 Å². The molecule has 0 heterocycles. The lowest BCUT2D eigenvalue weighted by Crippen LogP contribution is -2.26. The van der Waals surface area contributed by atoms with E-state index in [-0.39, 0.29) is 0 Å². The molecule has 0 fully saturated rings. The van der Waals surface area contributed by atoms with Crippen LogP contribution in [-0.4, -0.2) is 28.3 Å². The first-order valence-electron chi connectivity index (χ1n) is 5.64. The maximum Gasteiger partial charge on any atom is 0.344 e. The molecule has 0 aromatic heterocycles. The summed E-state index contributed by atoms with van der Waals surface area (Å²) in [6.07, 6.45) is 1.83. The van der Waals surface area contributed by atoms with Gasteiger partial charge in [0.05, 0.1) is 8.95 Å². The summed E-state index contributed by atoms with van der Waals surface area (Å²) < 4.78 is 6.51. The molecule has 0 radical (unpaired) electrons. The molecule has 0 bridgehead atoms. The number of ether oxygens (including phenoxy) is 1. The molecular weight excluding hydrogens is 396 g/mol. The number of aliphatic carboxylic acids is 2. The average Bonchev–Trinajstić information content (AvgIpc) is 2.35. The van der Waals surface area contributed by atoms with Gasteiger partial charge in [0.1, 0.15) is 5.75 Å². The van der Waals surface area contributed by atoms with Crippen molar-refractivity contribution < 1.29 is 24.5 Å². The van der Waals surface area contributed by atoms with Gasteiger partial charge in [0.15, 0.2) is 6.10 Å². The van der Waals surface area contributed by atoms with Crippen LogP contribution in [0.15, 0.2) is 27.2 Å². The predicted octanol–water partition coefficient (Wildman–Crippen LogP) is 3.55. The highest BCUT2D eigenvalue weighted by molar-refractivity contribution is 9.11. The molecule has 2 N–H and O–H groups in total. The zero-order valence-electron chi connectivity index (χ0n) is 10.5. The lowest BCUT2D eigenvalue weighted by Gasteiger charge is -2.16. The minimum atomic E-state index is -1.05. The fourth-order valence-corrected chi connectivity index (χ4v) is 2.82. The smallest absolute Gasteiger partial charge is 0.344 e. The highest BCUT2D eigenvalue weighted by Gasteiger charge is 2.20. The summed E-state index contributed by atoms with van der Waals surface area (Å²) in [6, 6.07) is 3.29. The van der Waals surface area contributed by atoms with Crippen molar-refractivity contribution in [2.24, 2.45) is 0 Å². The molecule has 0 aliphatic heterocycles. The number of hydrogen-bond donors (Lipinski definition) is 2. The minimum absolute atomic E-state index is 0.328. The second-order valence-corrected chi connectivity index (χ2v) is 5.55. The molecule has 0 amide bonds. The van der Waals surface area contributed by atoms with Gasteiger partial charge in [-0.3, -0.25) is 0 Å². The second kappa shape index (κ2) is 7.44. The maximum atomic E-state index is 11.0. The summed E-state index contributed by atoms with van der Waals surface area (Å²) >= 11 is 6.57. The van der Waals surface area contributed by atoms with E-state index in [0.717, 1.165) is 6.08 Å². The van der Waals surface area contributed by atoms with Crippen LogP contribution >= 0.6 is 31.9 Å². The highest BCUT2D eigenvalue weighted by Crippen LogP contribution is 2.36. The summed E-state index contributed by atoms with van der Waals surface area (Å²) in [4.78, 5) is 21.4. The average molecular weight is 408 g/mol. The van der Waals surface area contributed by atoms with E-state index in [4.69, 9.17) is 14.9 Å². The Bertz CT molecular complexity index is 531. The monoisotopic (exact) mass is 406 g/mol. The third-order valence-corrected chi connectivity index (χ3v) is 3.52. The number of carboxylic acid groups (broad SMARTS) is 2. The molecule has 7 heteroatoms. The van der Waals surface area contributed by atoms with E-state index in [0.29, 0.717) is 26.7 Å². The molecule has 1 atom stereocenters. The quantitative estimate of drug-likeness (QED) is 0.704. The Kier molecular flexibility index (Phi) is 6.22. The van der Waals surface area contributed by atoms with Gasteiger partial charge in [0, 0.05) is 6.08 Å². The molecule has 1 aromatic rings. The summed E-state index contributed by atoms with van der Waals surface area (Å²) in [5.41, 5.74) is 0.641. The van der Waals surface area contributed by atoms with Gasteiger partial charge in [-0.05, 0) is 62.1 Å². The first kappa shape index (κ1) is 16.7. The van der Waals surface area contributed by atoms with E-state index < -0.39 is 18.0 Å². The predicted molar refractivity (Wildman–Crippen MR) is 80.9 cm³/mol. The van der Waals surface area contributed by atoms with Gasteiger partial charge in [-0.25, -0.2) is 9.59 Å². The molecule has 0 spiro atoms. The molecule has 0 saturated heterocycles. The van der Waals surface area contributed by atoms with Gasteiger partial charge >= 0.3 is 11.9 Å². The van der Waals surface area contributed by atoms with Crippen LogP contribution in [-0.2, 0) is 9.59 Å². The Morgan fingerprint density at radius 2 is 1.85 bits per heavy atom. The van der Waals surface area contributed by atoms with Crippen molar-refractivity contribution in [2.75, 3.05) is 0 Å². The van der Waals surface area contributed by atoms with Crippen molar-refractivity contribution >= 4 is 49.9 Å². The van der Waals surface area contributed by atoms with E-state index in [2.05, 4.69) is 31.9 Å². The van der Waals surface area contributed by atoms with Gasteiger partial charge in [0.25, 0.3) is 0 Å². The number of halogens is 2. The van der Waals surface area contributed by atoms with Gasteiger partial charge in [-0.1, -0.05) is 6.92 Å². The summed E-state index contributed by atoms with van der Waals surface area (Å²) in [5, 5.41) is 17.6. The van der Waals surface area contributed by atoms with Crippen LogP contribution in [0.25, 0.3) is 6.08 Å². The van der Waals surface area contributed by atoms with E-state index in [1.165, 1.54) is 6.08 Å². The fourth-order valence-electron chi connectivity index (χ4n) is 1.41. The maximum absolute atomic E-state index is 11.0. The molecule has 0 saturated carbocycles. The number of carboxylic acids is 2. The van der Waals surface area contributed by atoms with Gasteiger partial charge in [-0.15, -0.1) is 0 Å². The van der Waals surface area contributed by atoms with E-state index >= 15 is 0 Å². The minimum Gasteiger partial charge on any atom is -0.479 e. The third kappa shape index (κ3) is 4.64. The van der Waals surface area contributed by atoms with Crippen LogP contribution < -0.4 is 4.74 Å². The van der Waals surface area contributed by atoms with Crippen molar-refractivity contribution in [3.8, 4) is 5.75 Å². The summed E-state index contributed by atoms with van der Waals surface area (Å²) in [7, 11) is 0. The first-order chi connectivity index (χ1) is 9.35. The summed E-state index contributed by atoms with van der Waals surface area (Å²) in [6.45, 7) is 1.71. The largest absolute Gasteiger partial charge is 0.479 e. The first-order valence-corrected chi connectivity index (χ1v) is 7.23. The number of rotatable bonds is 6. The number of carbonyl (C=O) groups is 2. The molecule has 108 valence electrons. The normalized spacial score (nSPS) is 12.3. The Balaban J connectivity index is 3.06. The Hall–Kier alpha value is -1.34. The van der Waals surface area contributed by atoms with E-state index in [1.807, 2.05) is 0 Å². The van der Waals surface area contributed by atoms with Gasteiger partial charge in [0.2, 0.25) is 0 Å². The van der Waals surface area contributed by atoms with Crippen molar-refractivity contribution in [2.45, 2.75) is 19.4 Å². The standard InChI is InChI=1S/C13H12Br2O5/c1-2-10(13(18)19)20-12-8(14)5-7(6-9(12)15)3-4-11(16)17/h3-6,10H,2H2,1H3,(H,16,17)(H,18,19)/b4-3+. The number of hydrogen-bond acceptors (Lipinski definition) is 3. The number of benzene rings is 1. The van der Waals surface area contributed by atoms with Crippen molar-refractivity contribution in [3.63, 3.8) is 0 Å². The Morgan fingerprint density at radius 1 is 1.30 bits per heavy atom. The fraction of sp³-hybridized carbons (Fsp3) is 0.231.